The van der Waals surface area contributed by atoms with Gasteiger partial charge in [0.1, 0.15) is 11.6 Å². The second kappa shape index (κ2) is 19.6. The van der Waals surface area contributed by atoms with Gasteiger partial charge in [-0.1, -0.05) is 31.0 Å². The molecule has 49 heavy (non-hydrogen) atoms. The van der Waals surface area contributed by atoms with E-state index in [1.807, 2.05) is 81.6 Å². The van der Waals surface area contributed by atoms with Crippen LogP contribution in [0.15, 0.2) is 117 Å². The van der Waals surface area contributed by atoms with E-state index in [0.29, 0.717) is 17.6 Å². The van der Waals surface area contributed by atoms with Crippen LogP contribution in [0, 0.1) is 13.8 Å². The molecule has 0 aliphatic heterocycles. The molecule has 6 aromatic rings. The Morgan fingerprint density at radius 2 is 0.816 bits per heavy atom. The molecule has 0 bridgehead atoms. The number of halogens is 3. The second-order valence-electron chi connectivity index (χ2n) is 9.66. The van der Waals surface area contributed by atoms with Gasteiger partial charge >= 0.3 is 0 Å². The first-order chi connectivity index (χ1) is 23.0. The van der Waals surface area contributed by atoms with Gasteiger partial charge in [-0.3, -0.25) is 0 Å². The largest absolute Gasteiger partial charge is 0.399 e. The Morgan fingerprint density at radius 1 is 0.490 bits per heavy atom. The summed E-state index contributed by atoms with van der Waals surface area (Å²) in [6.07, 6.45) is 0. The van der Waals surface area contributed by atoms with E-state index in [2.05, 4.69) is 76.9 Å². The zero-order chi connectivity index (χ0) is 34.5. The van der Waals surface area contributed by atoms with Crippen molar-refractivity contribution in [1.29, 1.82) is 0 Å². The highest BCUT2D eigenvalue weighted by Gasteiger charge is 2.03. The average molecular weight is 754 g/mol. The van der Waals surface area contributed by atoms with E-state index in [1.165, 1.54) is 19.6 Å². The van der Waals surface area contributed by atoms with Crippen LogP contribution in [0.2, 0.25) is 15.9 Å². The number of hydrogen-bond acceptors (Lipinski definition) is 12. The van der Waals surface area contributed by atoms with Crippen LogP contribution in [0.4, 0.5) is 28.7 Å². The van der Waals surface area contributed by atoms with Crippen molar-refractivity contribution in [2.45, 2.75) is 40.9 Å². The van der Waals surface area contributed by atoms with E-state index in [1.54, 1.807) is 23.5 Å². The first-order valence-electron chi connectivity index (χ1n) is 14.2. The van der Waals surface area contributed by atoms with Crippen LogP contribution in [-0.2, 0) is 0 Å². The number of nitrogens with zero attached hydrogens (tertiary/aromatic N) is 6. The molecule has 10 nitrogen and oxygen atoms in total. The zero-order valence-corrected chi connectivity index (χ0v) is 29.9. The Morgan fingerprint density at radius 3 is 1.16 bits per heavy atom. The summed E-state index contributed by atoms with van der Waals surface area (Å²) in [4.78, 5) is 27.9. The third-order valence-electron chi connectivity index (χ3n) is 5.90. The minimum absolute atomic E-state index is 0. The van der Waals surface area contributed by atoms with E-state index >= 15 is 0 Å². The van der Waals surface area contributed by atoms with Gasteiger partial charge < -0.3 is 22.1 Å². The van der Waals surface area contributed by atoms with Gasteiger partial charge in [-0.05, 0) is 146 Å². The van der Waals surface area contributed by atoms with E-state index in [0.717, 1.165) is 22.7 Å². The maximum Gasteiger partial charge on any atom is 0.230 e. The van der Waals surface area contributed by atoms with E-state index < -0.39 is 0 Å². The summed E-state index contributed by atoms with van der Waals surface area (Å²) in [7, 11) is 1.92. The summed E-state index contributed by atoms with van der Waals surface area (Å²) >= 11 is 19.4. The number of rotatable bonds is 7. The fourth-order valence-corrected chi connectivity index (χ4v) is 5.99. The monoisotopic (exact) mass is 752 g/mol. The van der Waals surface area contributed by atoms with Gasteiger partial charge in [-0.2, -0.15) is 24.9 Å². The Hall–Kier alpha value is -4.33. The van der Waals surface area contributed by atoms with Crippen LogP contribution in [0.25, 0.3) is 0 Å². The van der Waals surface area contributed by atoms with Crippen molar-refractivity contribution in [3.05, 3.63) is 125 Å². The van der Waals surface area contributed by atoms with Gasteiger partial charge in [-0.25, -0.2) is 4.98 Å². The molecule has 0 spiro atoms. The fraction of sp³-hybridized carbons (Fsp3) is 0.118. The molecule has 0 unspecified atom stereocenters. The SMILES string of the molecule is C.CNc1ccc(Sc2ccc(Nc3nc(C)nc(C)n3)cc2)cc1.Clc1nc(Cl)nc(Cl)n1.Nc1ccc(Sc2ccc(N)cc2)cc1. The molecule has 0 atom stereocenters. The lowest BCUT2D eigenvalue weighted by Gasteiger charge is -2.07. The number of nitrogens with one attached hydrogen (secondary N) is 2. The lowest BCUT2D eigenvalue weighted by Crippen LogP contribution is -2.02. The highest BCUT2D eigenvalue weighted by molar-refractivity contribution is 7.99. The van der Waals surface area contributed by atoms with Crippen LogP contribution in [0.5, 0.6) is 0 Å². The summed E-state index contributed by atoms with van der Waals surface area (Å²) in [5.74, 6) is 1.99. The van der Waals surface area contributed by atoms with Crippen LogP contribution < -0.4 is 22.1 Å². The van der Waals surface area contributed by atoms with Crippen molar-refractivity contribution in [3.8, 4) is 0 Å². The van der Waals surface area contributed by atoms with Crippen molar-refractivity contribution in [1.82, 2.24) is 29.9 Å². The molecule has 6 rings (SSSR count). The first-order valence-corrected chi connectivity index (χ1v) is 16.9. The number of aromatic nitrogens is 6. The molecule has 0 radical (unpaired) electrons. The lowest BCUT2D eigenvalue weighted by atomic mass is 10.3. The smallest absolute Gasteiger partial charge is 0.230 e. The molecule has 6 N–H and O–H groups in total. The quantitative estimate of drug-likeness (QED) is 0.115. The molecular weight excluding hydrogens is 719 g/mol. The van der Waals surface area contributed by atoms with Crippen molar-refractivity contribution >= 4 is 87.0 Å². The number of hydrogen-bond donors (Lipinski definition) is 4. The van der Waals surface area contributed by atoms with E-state index in [4.69, 9.17) is 46.3 Å². The number of benzene rings is 4. The molecule has 0 aliphatic rings. The maximum atomic E-state index is 5.61. The summed E-state index contributed by atoms with van der Waals surface area (Å²) in [5, 5.41) is 6.33. The van der Waals surface area contributed by atoms with Crippen LogP contribution in [-0.4, -0.2) is 37.0 Å². The van der Waals surface area contributed by atoms with Crippen molar-refractivity contribution in [3.63, 3.8) is 0 Å². The Kier molecular flexibility index (Phi) is 15.7. The molecule has 2 heterocycles. The molecule has 2 aromatic heterocycles. The third-order valence-corrected chi connectivity index (χ3v) is 8.44. The number of nitrogen functional groups attached to an aromatic ring is 2. The number of anilines is 5. The highest BCUT2D eigenvalue weighted by atomic mass is 35.5. The third kappa shape index (κ3) is 14.0. The molecule has 4 aromatic carbocycles. The molecule has 0 saturated carbocycles. The van der Waals surface area contributed by atoms with Crippen LogP contribution in [0.1, 0.15) is 19.1 Å². The van der Waals surface area contributed by atoms with Gasteiger partial charge in [-0.15, -0.1) is 0 Å². The van der Waals surface area contributed by atoms with Crippen LogP contribution in [0.3, 0.4) is 0 Å². The Balaban J connectivity index is 0.000000221. The van der Waals surface area contributed by atoms with Crippen molar-refractivity contribution in [2.75, 3.05) is 29.1 Å². The summed E-state index contributed by atoms with van der Waals surface area (Å²) in [6.45, 7) is 3.72. The number of nitrogens with two attached hydrogens (primary N) is 2. The Labute approximate surface area is 309 Å². The minimum Gasteiger partial charge on any atom is -0.399 e. The van der Waals surface area contributed by atoms with Gasteiger partial charge in [0.25, 0.3) is 0 Å². The second-order valence-corrected chi connectivity index (χ2v) is 13.0. The number of aryl methyl sites for hydroxylation is 2. The summed E-state index contributed by atoms with van der Waals surface area (Å²) < 4.78 is 0. The highest BCUT2D eigenvalue weighted by Crippen LogP contribution is 2.30. The lowest BCUT2D eigenvalue weighted by molar-refractivity contribution is 0.928. The molecule has 254 valence electrons. The maximum absolute atomic E-state index is 5.61. The standard InChI is InChI=1S/C18H19N5S.C12H12N2S.C3Cl3N3.CH4/c1-12-20-13(2)22-18(21-12)23-15-6-10-17(11-7-15)24-16-8-4-14(19-3)5-9-16;13-9-1-5-11(6-2-9)15-12-7-3-10(14)4-8-12;4-1-7-2(5)9-3(6)8-1;/h4-11,19H,1-3H3,(H,20,21,22,23);1-8H,13-14H2;;1H4. The van der Waals surface area contributed by atoms with E-state index in [9.17, 15) is 0 Å². The molecule has 0 fully saturated rings. The topological polar surface area (TPSA) is 153 Å². The molecule has 0 aliphatic carbocycles. The molecular formula is C34H35Cl3N10S2. The van der Waals surface area contributed by atoms with Gasteiger partial charge in [0.2, 0.25) is 21.8 Å². The fourth-order valence-electron chi connectivity index (χ4n) is 3.74. The van der Waals surface area contributed by atoms with Gasteiger partial charge in [0.05, 0.1) is 0 Å². The normalized spacial score (nSPS) is 10.0. The Bertz CT molecular complexity index is 1780. The average Bonchev–Trinajstić information content (AvgIpc) is 3.04. The van der Waals surface area contributed by atoms with E-state index in [-0.39, 0.29) is 23.3 Å². The predicted octanol–water partition coefficient (Wildman–Crippen LogP) is 9.90. The van der Waals surface area contributed by atoms with Gasteiger partial charge in [0.15, 0.2) is 0 Å². The molecule has 0 amide bonds. The summed E-state index contributed by atoms with van der Waals surface area (Å²) in [5.41, 5.74) is 14.9. The first kappa shape index (κ1) is 39.1. The van der Waals surface area contributed by atoms with Gasteiger partial charge in [0, 0.05) is 49.4 Å². The molecule has 15 heteroatoms. The predicted molar refractivity (Wildman–Crippen MR) is 207 cm³/mol. The van der Waals surface area contributed by atoms with Crippen molar-refractivity contribution in [2.24, 2.45) is 0 Å². The van der Waals surface area contributed by atoms with Crippen LogP contribution >= 0.6 is 58.3 Å². The zero-order valence-electron chi connectivity index (χ0n) is 26.0. The molecule has 0 saturated heterocycles. The summed E-state index contributed by atoms with van der Waals surface area (Å²) in [6, 6.07) is 32.2. The minimum atomic E-state index is 0. The van der Waals surface area contributed by atoms with Crippen molar-refractivity contribution < 1.29 is 0 Å².